The van der Waals surface area contributed by atoms with Crippen molar-refractivity contribution in [1.82, 2.24) is 0 Å². The molecule has 0 amide bonds. The molecule has 0 rings (SSSR count). The van der Waals surface area contributed by atoms with Crippen molar-refractivity contribution in [2.75, 3.05) is 6.61 Å². The van der Waals surface area contributed by atoms with Crippen LogP contribution in [0.1, 0.15) is 0 Å². The Kier molecular flexibility index (Phi) is 5.55. The largest absolute Gasteiger partial charge is 0.392 e. The van der Waals surface area contributed by atoms with E-state index in [1.54, 1.807) is 24.3 Å². The molecule has 0 saturated carbocycles. The molecule has 0 radical (unpaired) electrons. The van der Waals surface area contributed by atoms with E-state index in [-0.39, 0.29) is 6.61 Å². The van der Waals surface area contributed by atoms with Gasteiger partial charge in [0.2, 0.25) is 0 Å². The van der Waals surface area contributed by atoms with Gasteiger partial charge in [-0.15, -0.1) is 0 Å². The van der Waals surface area contributed by atoms with Gasteiger partial charge in [0.1, 0.15) is 0 Å². The summed E-state index contributed by atoms with van der Waals surface area (Å²) in [4.78, 5) is 0. The minimum absolute atomic E-state index is 0.0987. The SMILES string of the molecule is C=C/C=C/C=C/CO. The average molecular weight is 110 g/mol. The highest BCUT2D eigenvalue weighted by Gasteiger charge is 1.59. The molecule has 0 spiro atoms. The molecule has 1 heteroatoms. The molecule has 0 heterocycles. The van der Waals surface area contributed by atoms with Crippen molar-refractivity contribution in [2.45, 2.75) is 0 Å². The van der Waals surface area contributed by atoms with Gasteiger partial charge in [0, 0.05) is 0 Å². The summed E-state index contributed by atoms with van der Waals surface area (Å²) in [6.45, 7) is 3.57. The molecule has 0 fully saturated rings. The number of aliphatic hydroxyl groups is 1. The van der Waals surface area contributed by atoms with Gasteiger partial charge in [0.25, 0.3) is 0 Å². The number of hydrogen-bond acceptors (Lipinski definition) is 1. The van der Waals surface area contributed by atoms with E-state index >= 15 is 0 Å². The van der Waals surface area contributed by atoms with Gasteiger partial charge < -0.3 is 5.11 Å². The van der Waals surface area contributed by atoms with Crippen LogP contribution in [0.5, 0.6) is 0 Å². The van der Waals surface area contributed by atoms with Crippen LogP contribution < -0.4 is 0 Å². The van der Waals surface area contributed by atoms with E-state index in [4.69, 9.17) is 5.11 Å². The normalized spacial score (nSPS) is 11.1. The molecule has 0 aliphatic heterocycles. The van der Waals surface area contributed by atoms with Crippen molar-refractivity contribution in [3.63, 3.8) is 0 Å². The van der Waals surface area contributed by atoms with Gasteiger partial charge in [-0.2, -0.15) is 0 Å². The number of allylic oxidation sites excluding steroid dienone is 4. The summed E-state index contributed by atoms with van der Waals surface area (Å²) in [5.41, 5.74) is 0. The Bertz CT molecular complexity index is 101. The molecule has 0 bridgehead atoms. The number of hydrogen-bond donors (Lipinski definition) is 1. The molecule has 1 nitrogen and oxygen atoms in total. The van der Waals surface area contributed by atoms with E-state index < -0.39 is 0 Å². The van der Waals surface area contributed by atoms with Gasteiger partial charge in [-0.1, -0.05) is 37.0 Å². The maximum Gasteiger partial charge on any atom is 0.0615 e. The minimum Gasteiger partial charge on any atom is -0.392 e. The predicted molar refractivity (Wildman–Crippen MR) is 35.6 cm³/mol. The predicted octanol–water partition coefficient (Wildman–Crippen LogP) is 1.28. The van der Waals surface area contributed by atoms with Gasteiger partial charge in [-0.3, -0.25) is 0 Å². The molecule has 0 unspecified atom stereocenters. The lowest BCUT2D eigenvalue weighted by Gasteiger charge is -1.71. The average Bonchev–Trinajstić information content (AvgIpc) is 1.81. The van der Waals surface area contributed by atoms with Gasteiger partial charge in [-0.25, -0.2) is 0 Å². The van der Waals surface area contributed by atoms with E-state index in [1.807, 2.05) is 6.08 Å². The first-order valence-electron chi connectivity index (χ1n) is 2.47. The summed E-state index contributed by atoms with van der Waals surface area (Å²) in [5.74, 6) is 0. The highest BCUT2D eigenvalue weighted by molar-refractivity contribution is 5.08. The summed E-state index contributed by atoms with van der Waals surface area (Å²) in [6.07, 6.45) is 8.71. The van der Waals surface area contributed by atoms with Crippen LogP contribution in [0.4, 0.5) is 0 Å². The second-order valence-corrected chi connectivity index (χ2v) is 1.23. The third-order valence-electron chi connectivity index (χ3n) is 0.600. The first-order valence-corrected chi connectivity index (χ1v) is 2.47. The van der Waals surface area contributed by atoms with E-state index in [9.17, 15) is 0 Å². The Morgan fingerprint density at radius 2 is 2.00 bits per heavy atom. The molecular weight excluding hydrogens is 100 g/mol. The third-order valence-corrected chi connectivity index (χ3v) is 0.600. The monoisotopic (exact) mass is 110 g/mol. The number of aliphatic hydroxyl groups excluding tert-OH is 1. The van der Waals surface area contributed by atoms with Crippen LogP contribution in [0.3, 0.4) is 0 Å². The lowest BCUT2D eigenvalue weighted by Crippen LogP contribution is -1.66. The van der Waals surface area contributed by atoms with E-state index in [0.29, 0.717) is 0 Å². The molecule has 1 N–H and O–H groups in total. The fourth-order valence-corrected chi connectivity index (χ4v) is 0.282. The zero-order chi connectivity index (χ0) is 6.24. The van der Waals surface area contributed by atoms with Crippen molar-refractivity contribution in [3.05, 3.63) is 37.0 Å². The molecule has 0 saturated heterocycles. The van der Waals surface area contributed by atoms with Crippen molar-refractivity contribution in [2.24, 2.45) is 0 Å². The summed E-state index contributed by atoms with van der Waals surface area (Å²) < 4.78 is 0. The summed E-state index contributed by atoms with van der Waals surface area (Å²) in [6, 6.07) is 0. The van der Waals surface area contributed by atoms with Crippen LogP contribution in [-0.4, -0.2) is 11.7 Å². The maximum atomic E-state index is 8.22. The Hall–Kier alpha value is -0.820. The molecule has 0 aliphatic carbocycles. The molecule has 0 aliphatic rings. The van der Waals surface area contributed by atoms with Crippen LogP contribution in [0.25, 0.3) is 0 Å². The quantitative estimate of drug-likeness (QED) is 0.542. The first kappa shape index (κ1) is 7.18. The molecule has 0 aromatic rings. The molecule has 0 aromatic carbocycles. The summed E-state index contributed by atoms with van der Waals surface area (Å²) in [5, 5.41) is 8.22. The molecule has 0 atom stereocenters. The molecule has 44 valence electrons. The molecular formula is C7H10O. The van der Waals surface area contributed by atoms with Crippen LogP contribution in [0.2, 0.25) is 0 Å². The maximum absolute atomic E-state index is 8.22. The lowest BCUT2D eigenvalue weighted by atomic mass is 10.4. The van der Waals surface area contributed by atoms with Crippen molar-refractivity contribution >= 4 is 0 Å². The highest BCUT2D eigenvalue weighted by Crippen LogP contribution is 1.75. The van der Waals surface area contributed by atoms with Gasteiger partial charge in [-0.05, 0) is 0 Å². The zero-order valence-corrected chi connectivity index (χ0v) is 4.75. The van der Waals surface area contributed by atoms with Gasteiger partial charge in [0.15, 0.2) is 0 Å². The first-order chi connectivity index (χ1) is 3.91. The molecule has 0 aromatic heterocycles. The second kappa shape index (κ2) is 6.18. The summed E-state index contributed by atoms with van der Waals surface area (Å²) in [7, 11) is 0. The summed E-state index contributed by atoms with van der Waals surface area (Å²) >= 11 is 0. The highest BCUT2D eigenvalue weighted by atomic mass is 16.2. The molecule has 8 heavy (non-hydrogen) atoms. The van der Waals surface area contributed by atoms with E-state index in [1.165, 1.54) is 0 Å². The topological polar surface area (TPSA) is 20.2 Å². The fraction of sp³-hybridized carbons (Fsp3) is 0.143. The Morgan fingerprint density at radius 1 is 1.25 bits per heavy atom. The Balaban J connectivity index is 3.26. The minimum atomic E-state index is 0.0987. The van der Waals surface area contributed by atoms with E-state index in [0.717, 1.165) is 0 Å². The van der Waals surface area contributed by atoms with Crippen LogP contribution in [-0.2, 0) is 0 Å². The zero-order valence-electron chi connectivity index (χ0n) is 4.75. The van der Waals surface area contributed by atoms with Crippen LogP contribution in [0.15, 0.2) is 37.0 Å². The van der Waals surface area contributed by atoms with Gasteiger partial charge in [0.05, 0.1) is 6.61 Å². The lowest BCUT2D eigenvalue weighted by molar-refractivity contribution is 0.343. The van der Waals surface area contributed by atoms with Crippen LogP contribution >= 0.6 is 0 Å². The van der Waals surface area contributed by atoms with Gasteiger partial charge >= 0.3 is 0 Å². The van der Waals surface area contributed by atoms with E-state index in [2.05, 4.69) is 6.58 Å². The Morgan fingerprint density at radius 3 is 2.50 bits per heavy atom. The third kappa shape index (κ3) is 5.18. The number of rotatable bonds is 3. The fourth-order valence-electron chi connectivity index (χ4n) is 0.282. The van der Waals surface area contributed by atoms with Crippen molar-refractivity contribution in [3.8, 4) is 0 Å². The smallest absolute Gasteiger partial charge is 0.0615 e. The van der Waals surface area contributed by atoms with Crippen LogP contribution in [0, 0.1) is 0 Å². The second-order valence-electron chi connectivity index (χ2n) is 1.23. The Labute approximate surface area is 49.7 Å². The van der Waals surface area contributed by atoms with Crippen molar-refractivity contribution in [1.29, 1.82) is 0 Å². The van der Waals surface area contributed by atoms with Crippen molar-refractivity contribution < 1.29 is 5.11 Å². The standard InChI is InChI=1S/C7H10O/c1-2-3-4-5-6-7-8/h2-6,8H,1,7H2/b4-3+,6-5+.